The van der Waals surface area contributed by atoms with Crippen molar-refractivity contribution in [3.05, 3.63) is 47.4 Å². The zero-order valence-corrected chi connectivity index (χ0v) is 17.2. The molecule has 2 aromatic rings. The van der Waals surface area contributed by atoms with Crippen LogP contribution in [0.1, 0.15) is 31.0 Å². The minimum absolute atomic E-state index is 0.0816. The number of benzene rings is 1. The SMILES string of the molecule is COc1c([C@H]2[C@H](C(=O)Nc3cc(CO)ncn3)O[C@@](C)(C(F)(F)F)[C@H]2C)ccc(F)c1F. The highest BCUT2D eigenvalue weighted by Gasteiger charge is 2.65. The van der Waals surface area contributed by atoms with Gasteiger partial charge in [0.2, 0.25) is 5.82 Å². The first-order valence-corrected chi connectivity index (χ1v) is 9.43. The number of carbonyl (C=O) groups is 1. The second-order valence-corrected chi connectivity index (χ2v) is 7.48. The van der Waals surface area contributed by atoms with Gasteiger partial charge in [-0.15, -0.1) is 0 Å². The van der Waals surface area contributed by atoms with Gasteiger partial charge in [-0.25, -0.2) is 14.4 Å². The van der Waals surface area contributed by atoms with Crippen molar-refractivity contribution in [2.24, 2.45) is 5.92 Å². The molecular formula is C20H20F5N3O4. The molecule has 4 atom stereocenters. The summed E-state index contributed by atoms with van der Waals surface area (Å²) in [5.41, 5.74) is -2.75. The highest BCUT2D eigenvalue weighted by atomic mass is 19.4. The van der Waals surface area contributed by atoms with Crippen LogP contribution in [-0.4, -0.2) is 46.0 Å². The van der Waals surface area contributed by atoms with Crippen LogP contribution in [-0.2, 0) is 16.1 Å². The van der Waals surface area contributed by atoms with Crippen LogP contribution in [0.5, 0.6) is 5.75 Å². The average molecular weight is 461 g/mol. The van der Waals surface area contributed by atoms with Gasteiger partial charge < -0.3 is 19.9 Å². The number of rotatable bonds is 5. The highest BCUT2D eigenvalue weighted by molar-refractivity contribution is 5.94. The normalized spacial score (nSPS) is 25.6. The first kappa shape index (κ1) is 23.8. The standard InChI is InChI=1S/C20H20F5N3O4/c1-9-14(11-4-5-12(21)15(22)16(11)31-3)17(32-19(9,2)20(23,24)25)18(30)28-13-6-10(7-29)26-8-27-13/h4-6,8-9,14,17,29H,7H2,1-3H3,(H,26,27,28,30)/t9-,14-,17+,19+/m0/s1. The zero-order valence-electron chi connectivity index (χ0n) is 17.2. The van der Waals surface area contributed by atoms with Crippen molar-refractivity contribution in [3.63, 3.8) is 0 Å². The molecule has 12 heteroatoms. The van der Waals surface area contributed by atoms with E-state index in [2.05, 4.69) is 15.3 Å². The molecule has 1 amide bonds. The second-order valence-electron chi connectivity index (χ2n) is 7.48. The first-order chi connectivity index (χ1) is 14.9. The zero-order chi connectivity index (χ0) is 23.8. The third-order valence-corrected chi connectivity index (χ3v) is 5.71. The summed E-state index contributed by atoms with van der Waals surface area (Å²) in [7, 11) is 1.04. The topological polar surface area (TPSA) is 93.6 Å². The Balaban J connectivity index is 2.07. The molecule has 0 radical (unpaired) electrons. The fourth-order valence-corrected chi connectivity index (χ4v) is 3.79. The van der Waals surface area contributed by atoms with E-state index in [4.69, 9.17) is 14.6 Å². The van der Waals surface area contributed by atoms with E-state index >= 15 is 0 Å². The summed E-state index contributed by atoms with van der Waals surface area (Å²) < 4.78 is 79.9. The van der Waals surface area contributed by atoms with Crippen molar-refractivity contribution in [3.8, 4) is 5.75 Å². The number of aliphatic hydroxyl groups is 1. The fraction of sp³-hybridized carbons (Fsp3) is 0.450. The summed E-state index contributed by atoms with van der Waals surface area (Å²) in [4.78, 5) is 20.5. The number of hydrogen-bond donors (Lipinski definition) is 2. The minimum Gasteiger partial charge on any atom is -0.493 e. The monoisotopic (exact) mass is 461 g/mol. The van der Waals surface area contributed by atoms with Gasteiger partial charge in [0.15, 0.2) is 17.2 Å². The molecule has 2 N–H and O–H groups in total. The van der Waals surface area contributed by atoms with Gasteiger partial charge in [0.05, 0.1) is 19.4 Å². The number of amides is 1. The molecule has 1 saturated heterocycles. The van der Waals surface area contributed by atoms with E-state index in [1.54, 1.807) is 0 Å². The third kappa shape index (κ3) is 3.99. The summed E-state index contributed by atoms with van der Waals surface area (Å²) >= 11 is 0. The number of aliphatic hydroxyl groups excluding tert-OH is 1. The third-order valence-electron chi connectivity index (χ3n) is 5.71. The number of methoxy groups -OCH3 is 1. The van der Waals surface area contributed by atoms with Crippen molar-refractivity contribution in [1.29, 1.82) is 0 Å². The Morgan fingerprint density at radius 2 is 2.00 bits per heavy atom. The van der Waals surface area contributed by atoms with Crippen molar-refractivity contribution >= 4 is 11.7 Å². The molecule has 1 aliphatic rings. The predicted octanol–water partition coefficient (Wildman–Crippen LogP) is 3.33. The number of ether oxygens (including phenoxy) is 2. The Hall–Kier alpha value is -2.86. The van der Waals surface area contributed by atoms with Crippen molar-refractivity contribution in [2.75, 3.05) is 12.4 Å². The maximum Gasteiger partial charge on any atom is 0.417 e. The van der Waals surface area contributed by atoms with Crippen LogP contribution in [0, 0.1) is 17.6 Å². The number of aromatic nitrogens is 2. The molecule has 1 aromatic carbocycles. The Kier molecular flexibility index (Phi) is 6.38. The van der Waals surface area contributed by atoms with Gasteiger partial charge in [0.1, 0.15) is 18.2 Å². The Morgan fingerprint density at radius 3 is 2.59 bits per heavy atom. The van der Waals surface area contributed by atoms with Crippen LogP contribution in [0.3, 0.4) is 0 Å². The minimum atomic E-state index is -4.87. The first-order valence-electron chi connectivity index (χ1n) is 9.43. The maximum atomic E-state index is 14.3. The average Bonchev–Trinajstić information content (AvgIpc) is 3.02. The molecule has 7 nitrogen and oxygen atoms in total. The van der Waals surface area contributed by atoms with Gasteiger partial charge in [0, 0.05) is 23.5 Å². The van der Waals surface area contributed by atoms with E-state index < -0.39 is 59.6 Å². The molecule has 2 heterocycles. The lowest BCUT2D eigenvalue weighted by molar-refractivity contribution is -0.272. The Labute approximate surface area is 179 Å². The van der Waals surface area contributed by atoms with E-state index in [1.807, 2.05) is 0 Å². The van der Waals surface area contributed by atoms with Crippen molar-refractivity contribution < 1.29 is 41.3 Å². The summed E-state index contributed by atoms with van der Waals surface area (Å²) in [6.07, 6.45) is -5.57. The largest absolute Gasteiger partial charge is 0.493 e. The van der Waals surface area contributed by atoms with Crippen LogP contribution in [0.4, 0.5) is 27.8 Å². The molecule has 0 spiro atoms. The number of alkyl halides is 3. The van der Waals surface area contributed by atoms with Gasteiger partial charge >= 0.3 is 6.18 Å². The van der Waals surface area contributed by atoms with Crippen LogP contribution < -0.4 is 10.1 Å². The number of anilines is 1. The van der Waals surface area contributed by atoms with E-state index in [-0.39, 0.29) is 17.1 Å². The van der Waals surface area contributed by atoms with Gasteiger partial charge in [0.25, 0.3) is 5.91 Å². The van der Waals surface area contributed by atoms with Crippen molar-refractivity contribution in [1.82, 2.24) is 9.97 Å². The number of halogens is 5. The van der Waals surface area contributed by atoms with E-state index in [0.717, 1.165) is 32.5 Å². The number of hydrogen-bond acceptors (Lipinski definition) is 6. The number of nitrogens with one attached hydrogen (secondary N) is 1. The Morgan fingerprint density at radius 1 is 1.31 bits per heavy atom. The predicted molar refractivity (Wildman–Crippen MR) is 101 cm³/mol. The molecule has 3 rings (SSSR count). The van der Waals surface area contributed by atoms with Crippen LogP contribution in [0.25, 0.3) is 0 Å². The molecule has 1 fully saturated rings. The van der Waals surface area contributed by atoms with Gasteiger partial charge in [-0.05, 0) is 13.0 Å². The molecule has 32 heavy (non-hydrogen) atoms. The lowest BCUT2D eigenvalue weighted by Gasteiger charge is -2.32. The molecule has 1 aliphatic heterocycles. The molecule has 0 bridgehead atoms. The maximum absolute atomic E-state index is 14.3. The van der Waals surface area contributed by atoms with Crippen molar-refractivity contribution in [2.45, 2.75) is 44.3 Å². The van der Waals surface area contributed by atoms with E-state index in [9.17, 15) is 26.7 Å². The molecule has 1 aromatic heterocycles. The van der Waals surface area contributed by atoms with E-state index in [1.165, 1.54) is 13.0 Å². The molecule has 0 saturated carbocycles. The van der Waals surface area contributed by atoms with Gasteiger partial charge in [-0.3, -0.25) is 4.79 Å². The lowest BCUT2D eigenvalue weighted by Crippen LogP contribution is -2.47. The van der Waals surface area contributed by atoms with Crippen LogP contribution in [0.2, 0.25) is 0 Å². The lowest BCUT2D eigenvalue weighted by atomic mass is 9.77. The van der Waals surface area contributed by atoms with Gasteiger partial charge in [-0.1, -0.05) is 13.0 Å². The van der Waals surface area contributed by atoms with Gasteiger partial charge in [-0.2, -0.15) is 17.6 Å². The number of carbonyl (C=O) groups excluding carboxylic acids is 1. The quantitative estimate of drug-likeness (QED) is 0.664. The molecule has 0 unspecified atom stereocenters. The summed E-state index contributed by atoms with van der Waals surface area (Å²) in [6.45, 7) is 1.54. The Bertz CT molecular complexity index is 1020. The summed E-state index contributed by atoms with van der Waals surface area (Å²) in [6, 6.07) is 3.04. The van der Waals surface area contributed by atoms with Crippen LogP contribution >= 0.6 is 0 Å². The highest BCUT2D eigenvalue weighted by Crippen LogP contribution is 2.54. The molecular weight excluding hydrogens is 441 g/mol. The number of nitrogens with zero attached hydrogens (tertiary/aromatic N) is 2. The van der Waals surface area contributed by atoms with E-state index in [0.29, 0.717) is 0 Å². The molecule has 174 valence electrons. The second kappa shape index (κ2) is 8.58. The van der Waals surface area contributed by atoms with Crippen LogP contribution in [0.15, 0.2) is 24.5 Å². The summed E-state index contributed by atoms with van der Waals surface area (Å²) in [5.74, 6) is -7.05. The smallest absolute Gasteiger partial charge is 0.417 e. The molecule has 0 aliphatic carbocycles. The fourth-order valence-electron chi connectivity index (χ4n) is 3.79. The summed E-state index contributed by atoms with van der Waals surface area (Å²) in [5, 5.41) is 11.5.